The molecule has 1 aromatic rings. The van der Waals surface area contributed by atoms with Crippen LogP contribution < -0.4 is 4.74 Å². The molecule has 0 spiro atoms. The second-order valence-electron chi connectivity index (χ2n) is 7.01. The fraction of sp³-hybridized carbons (Fsp3) is 0.611. The van der Waals surface area contributed by atoms with Gasteiger partial charge in [-0.15, -0.1) is 0 Å². The smallest absolute Gasteiger partial charge is 0.261 e. The molecule has 1 saturated carbocycles. The van der Waals surface area contributed by atoms with Gasteiger partial charge in [0.15, 0.2) is 16.4 Å². The minimum absolute atomic E-state index is 0.0576. The van der Waals surface area contributed by atoms with Crippen LogP contribution in [-0.2, 0) is 14.6 Å². The Balaban J connectivity index is 1.70. The van der Waals surface area contributed by atoms with E-state index in [9.17, 15) is 13.2 Å². The molecular formula is C18H23Cl2NO4S. The van der Waals surface area contributed by atoms with Crippen molar-refractivity contribution in [1.29, 1.82) is 0 Å². The highest BCUT2D eigenvalue weighted by atomic mass is 35.5. The molecule has 144 valence electrons. The van der Waals surface area contributed by atoms with Crippen molar-refractivity contribution in [3.63, 3.8) is 0 Å². The number of carbonyl (C=O) groups excluding carboxylic acids is 1. The summed E-state index contributed by atoms with van der Waals surface area (Å²) in [5.41, 5.74) is 0. The number of halogens is 2. The summed E-state index contributed by atoms with van der Waals surface area (Å²) in [5, 5.41) is 0.785. The number of nitrogens with zero attached hydrogens (tertiary/aromatic N) is 1. The van der Waals surface area contributed by atoms with Crippen LogP contribution in [0, 0.1) is 0 Å². The van der Waals surface area contributed by atoms with Crippen LogP contribution >= 0.6 is 23.2 Å². The van der Waals surface area contributed by atoms with E-state index in [2.05, 4.69) is 0 Å². The van der Waals surface area contributed by atoms with Gasteiger partial charge in [-0.1, -0.05) is 42.5 Å². The van der Waals surface area contributed by atoms with Crippen LogP contribution in [0.2, 0.25) is 10.0 Å². The summed E-state index contributed by atoms with van der Waals surface area (Å²) in [6, 6.07) is 4.71. The number of amides is 1. The van der Waals surface area contributed by atoms with E-state index in [1.165, 1.54) is 6.42 Å². The largest absolute Gasteiger partial charge is 0.484 e. The fourth-order valence-electron chi connectivity index (χ4n) is 3.85. The lowest BCUT2D eigenvalue weighted by molar-refractivity contribution is -0.138. The van der Waals surface area contributed by atoms with E-state index in [4.69, 9.17) is 27.9 Å². The van der Waals surface area contributed by atoms with Crippen LogP contribution in [0.5, 0.6) is 5.75 Å². The molecule has 8 heteroatoms. The maximum absolute atomic E-state index is 12.9. The number of benzene rings is 1. The average molecular weight is 420 g/mol. The number of hydrogen-bond donors (Lipinski definition) is 0. The van der Waals surface area contributed by atoms with Crippen molar-refractivity contribution in [2.75, 3.05) is 18.1 Å². The molecule has 0 radical (unpaired) electrons. The third-order valence-electron chi connectivity index (χ3n) is 5.11. The third kappa shape index (κ3) is 4.84. The predicted molar refractivity (Wildman–Crippen MR) is 103 cm³/mol. The zero-order chi connectivity index (χ0) is 18.7. The summed E-state index contributed by atoms with van der Waals surface area (Å²) in [6.45, 7) is -0.134. The van der Waals surface area contributed by atoms with E-state index in [1.807, 2.05) is 0 Å². The summed E-state index contributed by atoms with van der Waals surface area (Å²) in [6.07, 6.45) is 5.67. The minimum Gasteiger partial charge on any atom is -0.484 e. The Morgan fingerprint density at radius 3 is 2.42 bits per heavy atom. The highest BCUT2D eigenvalue weighted by molar-refractivity contribution is 7.91. The normalized spacial score (nSPS) is 22.9. The lowest BCUT2D eigenvalue weighted by atomic mass is 9.93. The number of rotatable bonds is 5. The van der Waals surface area contributed by atoms with Gasteiger partial charge in [-0.25, -0.2) is 8.42 Å². The van der Waals surface area contributed by atoms with E-state index in [-0.39, 0.29) is 36.1 Å². The maximum Gasteiger partial charge on any atom is 0.261 e. The van der Waals surface area contributed by atoms with Gasteiger partial charge in [-0.05, 0) is 31.4 Å². The van der Waals surface area contributed by atoms with E-state index in [1.54, 1.807) is 23.1 Å². The van der Waals surface area contributed by atoms with Crippen LogP contribution in [0.25, 0.3) is 0 Å². The summed E-state index contributed by atoms with van der Waals surface area (Å²) in [4.78, 5) is 14.7. The summed E-state index contributed by atoms with van der Waals surface area (Å²) in [5.74, 6) is 0.518. The maximum atomic E-state index is 12.9. The zero-order valence-electron chi connectivity index (χ0n) is 14.5. The first kappa shape index (κ1) is 19.8. The monoisotopic (exact) mass is 419 g/mol. The molecule has 0 aromatic heterocycles. The number of sulfone groups is 1. The van der Waals surface area contributed by atoms with Crippen molar-refractivity contribution < 1.29 is 17.9 Å². The molecule has 2 fully saturated rings. The minimum atomic E-state index is -3.06. The van der Waals surface area contributed by atoms with Crippen LogP contribution in [0.3, 0.4) is 0 Å². The molecule has 3 rings (SSSR count). The first-order valence-electron chi connectivity index (χ1n) is 8.95. The molecule has 1 saturated heterocycles. The topological polar surface area (TPSA) is 63.7 Å². The predicted octanol–water partition coefficient (Wildman–Crippen LogP) is 3.72. The summed E-state index contributed by atoms with van der Waals surface area (Å²) in [7, 11) is -3.06. The van der Waals surface area contributed by atoms with E-state index in [0.29, 0.717) is 22.2 Å². The molecular weight excluding hydrogens is 397 g/mol. The van der Waals surface area contributed by atoms with Gasteiger partial charge in [0.05, 0.1) is 21.6 Å². The van der Waals surface area contributed by atoms with Crippen LogP contribution in [0.15, 0.2) is 18.2 Å². The third-order valence-corrected chi connectivity index (χ3v) is 7.60. The van der Waals surface area contributed by atoms with Crippen molar-refractivity contribution in [2.45, 2.75) is 50.6 Å². The number of ether oxygens (including phenoxy) is 1. The van der Waals surface area contributed by atoms with Crippen molar-refractivity contribution >= 4 is 38.9 Å². The Labute approximate surface area is 164 Å². The summed E-state index contributed by atoms with van der Waals surface area (Å²) < 4.78 is 29.4. The van der Waals surface area contributed by atoms with Gasteiger partial charge < -0.3 is 9.64 Å². The van der Waals surface area contributed by atoms with E-state index < -0.39 is 9.84 Å². The van der Waals surface area contributed by atoms with Crippen molar-refractivity contribution in [3.8, 4) is 5.75 Å². The molecule has 0 unspecified atom stereocenters. The van der Waals surface area contributed by atoms with E-state index in [0.717, 1.165) is 25.7 Å². The molecule has 5 nitrogen and oxygen atoms in total. The van der Waals surface area contributed by atoms with Crippen molar-refractivity contribution in [2.24, 2.45) is 0 Å². The molecule has 1 heterocycles. The van der Waals surface area contributed by atoms with Gasteiger partial charge in [0.1, 0.15) is 5.75 Å². The highest BCUT2D eigenvalue weighted by Crippen LogP contribution is 2.29. The molecule has 1 atom stereocenters. The second kappa shape index (κ2) is 8.36. The van der Waals surface area contributed by atoms with Gasteiger partial charge >= 0.3 is 0 Å². The van der Waals surface area contributed by atoms with Crippen molar-refractivity contribution in [3.05, 3.63) is 28.2 Å². The van der Waals surface area contributed by atoms with Crippen LogP contribution in [-0.4, -0.2) is 49.4 Å². The first-order valence-corrected chi connectivity index (χ1v) is 11.5. The Morgan fingerprint density at radius 2 is 1.81 bits per heavy atom. The lowest BCUT2D eigenvalue weighted by Crippen LogP contribution is -2.50. The van der Waals surface area contributed by atoms with Gasteiger partial charge in [-0.3, -0.25) is 4.79 Å². The Kier molecular flexibility index (Phi) is 6.36. The van der Waals surface area contributed by atoms with Gasteiger partial charge in [0, 0.05) is 18.2 Å². The molecule has 1 aliphatic carbocycles. The molecule has 2 aliphatic rings. The molecule has 0 bridgehead atoms. The molecule has 1 amide bonds. The van der Waals surface area contributed by atoms with Crippen LogP contribution in [0.1, 0.15) is 38.5 Å². The van der Waals surface area contributed by atoms with Gasteiger partial charge in [0.25, 0.3) is 5.91 Å². The van der Waals surface area contributed by atoms with Gasteiger partial charge in [0.2, 0.25) is 0 Å². The molecule has 1 aromatic carbocycles. The standard InChI is InChI=1S/C18H23Cl2NO4S/c19-16-7-6-15(10-17(16)20)25-11-18(22)21(13-4-2-1-3-5-13)14-8-9-26(23,24)12-14/h6-7,10,13-14H,1-5,8-9,11-12H2/t14-/m1/s1. The molecule has 1 aliphatic heterocycles. The Hall–Kier alpha value is -0.980. The number of hydrogen-bond acceptors (Lipinski definition) is 4. The SMILES string of the molecule is O=C(COc1ccc(Cl)c(Cl)c1)N(C1CCCCC1)[C@@H]1CCS(=O)(=O)C1. The Morgan fingerprint density at radius 1 is 1.08 bits per heavy atom. The molecule has 26 heavy (non-hydrogen) atoms. The molecule has 0 N–H and O–H groups in total. The van der Waals surface area contributed by atoms with Crippen molar-refractivity contribution in [1.82, 2.24) is 4.90 Å². The number of carbonyl (C=O) groups is 1. The highest BCUT2D eigenvalue weighted by Gasteiger charge is 2.38. The van der Waals surface area contributed by atoms with Gasteiger partial charge in [-0.2, -0.15) is 0 Å². The average Bonchev–Trinajstić information content (AvgIpc) is 2.96. The van der Waals surface area contributed by atoms with E-state index >= 15 is 0 Å². The fourth-order valence-corrected chi connectivity index (χ4v) is 5.85. The summed E-state index contributed by atoms with van der Waals surface area (Å²) >= 11 is 11.9. The quantitative estimate of drug-likeness (QED) is 0.729. The Bertz CT molecular complexity index is 762. The first-order chi connectivity index (χ1) is 12.4. The van der Waals surface area contributed by atoms with Crippen LogP contribution in [0.4, 0.5) is 0 Å². The lowest BCUT2D eigenvalue weighted by Gasteiger charge is -2.38. The zero-order valence-corrected chi connectivity index (χ0v) is 16.8. The second-order valence-corrected chi connectivity index (χ2v) is 10.1.